The molecule has 1 aromatic rings. The van der Waals surface area contributed by atoms with Gasteiger partial charge in [-0.3, -0.25) is 0 Å². The molecule has 0 bridgehead atoms. The fourth-order valence-electron chi connectivity index (χ4n) is 2.02. The van der Waals surface area contributed by atoms with E-state index in [0.717, 1.165) is 25.1 Å². The van der Waals surface area contributed by atoms with Crippen LogP contribution in [0.3, 0.4) is 0 Å². The third kappa shape index (κ3) is 3.73. The van der Waals surface area contributed by atoms with Gasteiger partial charge in [-0.05, 0) is 31.3 Å². The molecule has 0 unspecified atom stereocenters. The average molecular weight is 259 g/mol. The van der Waals surface area contributed by atoms with E-state index in [1.165, 1.54) is 0 Å². The van der Waals surface area contributed by atoms with Crippen LogP contribution < -0.4 is 5.32 Å². The molecule has 1 rings (SSSR count). The largest absolute Gasteiger partial charge is 0.317 e. The number of hydrogen-bond acceptors (Lipinski definition) is 1. The van der Waals surface area contributed by atoms with Gasteiger partial charge >= 0.3 is 0 Å². The van der Waals surface area contributed by atoms with Crippen molar-refractivity contribution in [3.63, 3.8) is 0 Å². The Hall–Kier alpha value is -1.03. The number of hydrogen-bond donors (Lipinski definition) is 1. The Balaban J connectivity index is 2.84. The lowest BCUT2D eigenvalue weighted by Crippen LogP contribution is -2.28. The van der Waals surface area contributed by atoms with E-state index in [9.17, 15) is 13.2 Å². The summed E-state index contributed by atoms with van der Waals surface area (Å²) in [6, 6.07) is 1.47. The second-order valence-corrected chi connectivity index (χ2v) is 5.13. The normalized spacial score (nSPS) is 11.9. The molecule has 1 N–H and O–H groups in total. The van der Waals surface area contributed by atoms with E-state index in [2.05, 4.69) is 12.2 Å². The first-order valence-electron chi connectivity index (χ1n) is 6.24. The number of halogens is 3. The molecule has 0 saturated carbocycles. The zero-order valence-electron chi connectivity index (χ0n) is 11.1. The molecule has 1 aromatic carbocycles. The summed E-state index contributed by atoms with van der Waals surface area (Å²) in [4.78, 5) is 0. The molecule has 4 heteroatoms. The molecule has 18 heavy (non-hydrogen) atoms. The predicted octanol–water partition coefficient (Wildman–Crippen LogP) is 3.77. The van der Waals surface area contributed by atoms with E-state index < -0.39 is 22.9 Å². The maximum atomic E-state index is 13.7. The van der Waals surface area contributed by atoms with Crippen molar-refractivity contribution in [2.75, 3.05) is 13.1 Å². The lowest BCUT2D eigenvalue weighted by molar-refractivity contribution is 0.405. The summed E-state index contributed by atoms with van der Waals surface area (Å²) in [7, 11) is 0. The molecule has 0 aliphatic rings. The minimum atomic E-state index is -0.881. The number of nitrogens with one attached hydrogen (secondary N) is 1. The Morgan fingerprint density at radius 1 is 1.06 bits per heavy atom. The van der Waals surface area contributed by atoms with E-state index in [4.69, 9.17) is 0 Å². The van der Waals surface area contributed by atoms with Crippen LogP contribution in [0.4, 0.5) is 13.2 Å². The smallest absolute Gasteiger partial charge is 0.132 e. The average Bonchev–Trinajstić information content (AvgIpc) is 2.22. The fraction of sp³-hybridized carbons (Fsp3) is 0.571. The van der Waals surface area contributed by atoms with Gasteiger partial charge in [0.25, 0.3) is 0 Å². The van der Waals surface area contributed by atoms with Crippen LogP contribution in [-0.4, -0.2) is 13.1 Å². The maximum Gasteiger partial charge on any atom is 0.132 e. The summed E-state index contributed by atoms with van der Waals surface area (Å²) < 4.78 is 40.2. The van der Waals surface area contributed by atoms with Gasteiger partial charge in [0, 0.05) is 17.7 Å². The second kappa shape index (κ2) is 6.23. The van der Waals surface area contributed by atoms with E-state index in [-0.39, 0.29) is 5.56 Å². The minimum Gasteiger partial charge on any atom is -0.317 e. The van der Waals surface area contributed by atoms with E-state index in [1.54, 1.807) is 13.8 Å². The van der Waals surface area contributed by atoms with Crippen LogP contribution >= 0.6 is 0 Å². The van der Waals surface area contributed by atoms with Gasteiger partial charge in [0.1, 0.15) is 17.5 Å². The molecule has 0 aliphatic carbocycles. The van der Waals surface area contributed by atoms with Crippen molar-refractivity contribution in [2.45, 2.75) is 39.0 Å². The molecule has 0 heterocycles. The fourth-order valence-corrected chi connectivity index (χ4v) is 2.02. The maximum absolute atomic E-state index is 13.7. The molecule has 0 aliphatic heterocycles. The van der Waals surface area contributed by atoms with Crippen molar-refractivity contribution < 1.29 is 13.2 Å². The summed E-state index contributed by atoms with van der Waals surface area (Å²) in [6.07, 6.45) is 1.60. The third-order valence-corrected chi connectivity index (χ3v) is 3.04. The highest BCUT2D eigenvalue weighted by Crippen LogP contribution is 2.31. The molecule has 0 fully saturated rings. The Morgan fingerprint density at radius 2 is 1.61 bits per heavy atom. The van der Waals surface area contributed by atoms with Crippen LogP contribution in [-0.2, 0) is 5.41 Å². The van der Waals surface area contributed by atoms with Crippen LogP contribution in [0.2, 0.25) is 0 Å². The molecule has 0 radical (unpaired) electrons. The molecule has 0 atom stereocenters. The van der Waals surface area contributed by atoms with Crippen LogP contribution in [0.5, 0.6) is 0 Å². The Morgan fingerprint density at radius 3 is 2.11 bits per heavy atom. The summed E-state index contributed by atoms with van der Waals surface area (Å²) in [6.45, 7) is 7.14. The monoisotopic (exact) mass is 259 g/mol. The van der Waals surface area contributed by atoms with Crippen LogP contribution in [0.1, 0.15) is 39.2 Å². The standard InChI is InChI=1S/C14H20F3N/c1-4-6-18-7-5-14(2,3)13-11(16)8-10(15)9-12(13)17/h8-9,18H,4-7H2,1-3H3. The molecule has 1 nitrogen and oxygen atoms in total. The van der Waals surface area contributed by atoms with Gasteiger partial charge < -0.3 is 5.32 Å². The molecule has 0 amide bonds. The summed E-state index contributed by atoms with van der Waals surface area (Å²) in [5.74, 6) is -2.50. The highest BCUT2D eigenvalue weighted by atomic mass is 19.1. The van der Waals surface area contributed by atoms with Crippen molar-refractivity contribution in [3.8, 4) is 0 Å². The summed E-state index contributed by atoms with van der Waals surface area (Å²) >= 11 is 0. The summed E-state index contributed by atoms with van der Waals surface area (Å²) in [5.41, 5.74) is -0.704. The van der Waals surface area contributed by atoms with Gasteiger partial charge in [-0.1, -0.05) is 20.8 Å². The minimum absolute atomic E-state index is 0.0396. The SMILES string of the molecule is CCCNCCC(C)(C)c1c(F)cc(F)cc1F. The molecule has 0 aromatic heterocycles. The van der Waals surface area contributed by atoms with Crippen molar-refractivity contribution in [3.05, 3.63) is 35.1 Å². The first-order chi connectivity index (χ1) is 8.38. The zero-order chi connectivity index (χ0) is 13.8. The van der Waals surface area contributed by atoms with Gasteiger partial charge in [0.05, 0.1) is 0 Å². The Labute approximate surface area is 106 Å². The van der Waals surface area contributed by atoms with Crippen molar-refractivity contribution in [2.24, 2.45) is 0 Å². The zero-order valence-corrected chi connectivity index (χ0v) is 11.1. The highest BCUT2D eigenvalue weighted by molar-refractivity contribution is 5.28. The van der Waals surface area contributed by atoms with Crippen molar-refractivity contribution in [1.82, 2.24) is 5.32 Å². The molecule has 0 spiro atoms. The molecular weight excluding hydrogens is 239 g/mol. The second-order valence-electron chi connectivity index (χ2n) is 5.13. The van der Waals surface area contributed by atoms with Crippen LogP contribution in [0.25, 0.3) is 0 Å². The van der Waals surface area contributed by atoms with E-state index in [0.29, 0.717) is 13.0 Å². The topological polar surface area (TPSA) is 12.0 Å². The van der Waals surface area contributed by atoms with Crippen molar-refractivity contribution in [1.29, 1.82) is 0 Å². The first kappa shape index (κ1) is 15.0. The predicted molar refractivity (Wildman–Crippen MR) is 67.1 cm³/mol. The van der Waals surface area contributed by atoms with Crippen LogP contribution in [0, 0.1) is 17.5 Å². The van der Waals surface area contributed by atoms with Gasteiger partial charge in [0.15, 0.2) is 0 Å². The third-order valence-electron chi connectivity index (χ3n) is 3.04. The van der Waals surface area contributed by atoms with Gasteiger partial charge in [-0.25, -0.2) is 13.2 Å². The molecule has 102 valence electrons. The number of benzene rings is 1. The lowest BCUT2D eigenvalue weighted by atomic mass is 9.81. The van der Waals surface area contributed by atoms with E-state index in [1.807, 2.05) is 0 Å². The first-order valence-corrected chi connectivity index (χ1v) is 6.24. The van der Waals surface area contributed by atoms with Crippen molar-refractivity contribution >= 4 is 0 Å². The Kier molecular flexibility index (Phi) is 5.20. The van der Waals surface area contributed by atoms with Gasteiger partial charge in [0.2, 0.25) is 0 Å². The lowest BCUT2D eigenvalue weighted by Gasteiger charge is -2.26. The number of rotatable bonds is 6. The quantitative estimate of drug-likeness (QED) is 0.767. The Bertz CT molecular complexity index is 379. The van der Waals surface area contributed by atoms with Gasteiger partial charge in [-0.2, -0.15) is 0 Å². The van der Waals surface area contributed by atoms with Gasteiger partial charge in [-0.15, -0.1) is 0 Å². The molecular formula is C14H20F3N. The summed E-state index contributed by atoms with van der Waals surface area (Å²) in [5, 5.41) is 3.19. The molecule has 0 saturated heterocycles. The van der Waals surface area contributed by atoms with E-state index >= 15 is 0 Å². The van der Waals surface area contributed by atoms with Crippen LogP contribution in [0.15, 0.2) is 12.1 Å². The highest BCUT2D eigenvalue weighted by Gasteiger charge is 2.28.